The van der Waals surface area contributed by atoms with Gasteiger partial charge in [-0.1, -0.05) is 18.2 Å². The highest BCUT2D eigenvalue weighted by Crippen LogP contribution is 2.24. The molecule has 2 aromatic carbocycles. The van der Waals surface area contributed by atoms with Crippen molar-refractivity contribution in [1.29, 1.82) is 0 Å². The minimum Gasteiger partial charge on any atom is -0.355 e. The molecule has 3 rings (SSSR count). The number of rotatable bonds is 4. The van der Waals surface area contributed by atoms with E-state index in [9.17, 15) is 4.79 Å². The Kier molecular flexibility index (Phi) is 4.19. The summed E-state index contributed by atoms with van der Waals surface area (Å²) in [4.78, 5) is 21.7. The van der Waals surface area contributed by atoms with Gasteiger partial charge in [0, 0.05) is 37.1 Å². The van der Waals surface area contributed by atoms with Crippen LogP contribution >= 0.6 is 0 Å². The van der Waals surface area contributed by atoms with Gasteiger partial charge in [0.2, 0.25) is 5.91 Å². The van der Waals surface area contributed by atoms with Crippen LogP contribution in [0, 0.1) is 0 Å². The number of amides is 1. The number of aromatic nitrogens is 2. The molecular weight excluding hydrogens is 288 g/mol. The maximum absolute atomic E-state index is 11.7. The van der Waals surface area contributed by atoms with Crippen molar-refractivity contribution in [1.82, 2.24) is 14.9 Å². The highest BCUT2D eigenvalue weighted by molar-refractivity contribution is 5.92. The molecule has 5 nitrogen and oxygen atoms in total. The summed E-state index contributed by atoms with van der Waals surface area (Å²) in [5, 5.41) is 4.35. The van der Waals surface area contributed by atoms with Gasteiger partial charge >= 0.3 is 0 Å². The smallest absolute Gasteiger partial charge is 0.226 e. The molecule has 5 heteroatoms. The number of carbonyl (C=O) groups is 1. The Labute approximate surface area is 135 Å². The molecule has 1 amide bonds. The number of hydrogen-bond acceptors (Lipinski definition) is 4. The molecule has 0 saturated carbocycles. The van der Waals surface area contributed by atoms with E-state index in [4.69, 9.17) is 0 Å². The number of carbonyl (C=O) groups excluding carboxylic acids is 1. The Hall–Kier alpha value is -2.95. The van der Waals surface area contributed by atoms with Gasteiger partial charge in [0.1, 0.15) is 6.33 Å². The first-order valence-electron chi connectivity index (χ1n) is 7.38. The Morgan fingerprint density at radius 2 is 1.91 bits per heavy atom. The van der Waals surface area contributed by atoms with E-state index < -0.39 is 0 Å². The molecule has 116 valence electrons. The van der Waals surface area contributed by atoms with Gasteiger partial charge in [-0.15, -0.1) is 0 Å². The molecule has 1 heterocycles. The summed E-state index contributed by atoms with van der Waals surface area (Å²) in [5.74, 6) is 0.0944. The highest BCUT2D eigenvalue weighted by Gasteiger charge is 2.06. The zero-order valence-electron chi connectivity index (χ0n) is 13.2. The lowest BCUT2D eigenvalue weighted by atomic mass is 10.1. The molecule has 1 N–H and O–H groups in total. The number of likely N-dealkylation sites (N-methyl/N-ethyl adjacent to an activating group) is 1. The largest absolute Gasteiger partial charge is 0.355 e. The molecule has 0 atom stereocenters. The van der Waals surface area contributed by atoms with E-state index in [1.807, 2.05) is 42.5 Å². The van der Waals surface area contributed by atoms with Crippen molar-refractivity contribution in [2.24, 2.45) is 0 Å². The van der Waals surface area contributed by atoms with E-state index in [1.54, 1.807) is 31.5 Å². The van der Waals surface area contributed by atoms with Crippen LogP contribution < -0.4 is 5.32 Å². The topological polar surface area (TPSA) is 58.1 Å². The van der Waals surface area contributed by atoms with Crippen LogP contribution in [0.2, 0.25) is 0 Å². The van der Waals surface area contributed by atoms with Crippen LogP contribution in [0.4, 0.5) is 11.4 Å². The summed E-state index contributed by atoms with van der Waals surface area (Å²) in [7, 11) is 3.53. The molecule has 1 aromatic heterocycles. The molecule has 0 fully saturated rings. The predicted octanol–water partition coefficient (Wildman–Crippen LogP) is 3.00. The maximum atomic E-state index is 11.7. The van der Waals surface area contributed by atoms with Crippen molar-refractivity contribution in [3.8, 4) is 0 Å². The second kappa shape index (κ2) is 6.44. The van der Waals surface area contributed by atoms with E-state index in [1.165, 1.54) is 0 Å². The monoisotopic (exact) mass is 306 g/mol. The van der Waals surface area contributed by atoms with Crippen LogP contribution in [0.15, 0.2) is 55.0 Å². The van der Waals surface area contributed by atoms with Gasteiger partial charge in [-0.25, -0.2) is 9.97 Å². The zero-order valence-corrected chi connectivity index (χ0v) is 13.2. The molecule has 0 radical (unpaired) electrons. The van der Waals surface area contributed by atoms with Crippen molar-refractivity contribution >= 4 is 28.2 Å². The Bertz CT molecular complexity index is 823. The standard InChI is InChI=1S/C18H18N4O/c1-22(2)18(23)10-13-6-8-14(9-7-13)21-17-5-3-4-16-15(17)11-19-12-20-16/h3-9,11-12,21H,10H2,1-2H3. The summed E-state index contributed by atoms with van der Waals surface area (Å²) < 4.78 is 0. The first kappa shape index (κ1) is 15.0. The Morgan fingerprint density at radius 3 is 2.65 bits per heavy atom. The van der Waals surface area contributed by atoms with Crippen molar-refractivity contribution in [2.75, 3.05) is 19.4 Å². The molecule has 0 unspecified atom stereocenters. The number of anilines is 2. The molecule has 0 spiro atoms. The minimum atomic E-state index is 0.0944. The van der Waals surface area contributed by atoms with Crippen molar-refractivity contribution in [3.63, 3.8) is 0 Å². The predicted molar refractivity (Wildman–Crippen MR) is 91.7 cm³/mol. The number of hydrogen-bond donors (Lipinski definition) is 1. The fourth-order valence-electron chi connectivity index (χ4n) is 2.31. The van der Waals surface area contributed by atoms with Gasteiger partial charge in [0.05, 0.1) is 11.9 Å². The van der Waals surface area contributed by atoms with Crippen molar-refractivity contribution < 1.29 is 4.79 Å². The third-order valence-electron chi connectivity index (χ3n) is 3.64. The molecular formula is C18H18N4O. The van der Waals surface area contributed by atoms with E-state index >= 15 is 0 Å². The fourth-order valence-corrected chi connectivity index (χ4v) is 2.31. The quantitative estimate of drug-likeness (QED) is 0.805. The first-order chi connectivity index (χ1) is 11.1. The summed E-state index contributed by atoms with van der Waals surface area (Å²) >= 11 is 0. The Morgan fingerprint density at radius 1 is 1.13 bits per heavy atom. The third-order valence-corrected chi connectivity index (χ3v) is 3.64. The van der Waals surface area contributed by atoms with Crippen LogP contribution in [0.3, 0.4) is 0 Å². The molecule has 3 aromatic rings. The second-order valence-electron chi connectivity index (χ2n) is 5.55. The van der Waals surface area contributed by atoms with Crippen LogP contribution in [-0.2, 0) is 11.2 Å². The normalized spacial score (nSPS) is 10.5. The molecule has 0 aliphatic carbocycles. The SMILES string of the molecule is CN(C)C(=O)Cc1ccc(Nc2cccc3ncncc23)cc1. The van der Waals surface area contributed by atoms with Crippen LogP contribution in [0.1, 0.15) is 5.56 Å². The van der Waals surface area contributed by atoms with Crippen molar-refractivity contribution in [2.45, 2.75) is 6.42 Å². The van der Waals surface area contributed by atoms with Crippen LogP contribution in [-0.4, -0.2) is 34.9 Å². The van der Waals surface area contributed by atoms with Gasteiger partial charge < -0.3 is 10.2 Å². The second-order valence-corrected chi connectivity index (χ2v) is 5.55. The summed E-state index contributed by atoms with van der Waals surface area (Å²) in [6, 6.07) is 13.8. The number of fused-ring (bicyclic) bond motifs is 1. The average Bonchev–Trinajstić information content (AvgIpc) is 2.57. The van der Waals surface area contributed by atoms with E-state index in [2.05, 4.69) is 15.3 Å². The third kappa shape index (κ3) is 3.45. The lowest BCUT2D eigenvalue weighted by molar-refractivity contribution is -0.127. The number of nitrogens with zero attached hydrogens (tertiary/aromatic N) is 3. The van der Waals surface area contributed by atoms with Crippen LogP contribution in [0.5, 0.6) is 0 Å². The van der Waals surface area contributed by atoms with E-state index in [0.717, 1.165) is 27.8 Å². The summed E-state index contributed by atoms with van der Waals surface area (Å²) in [6.07, 6.45) is 3.76. The van der Waals surface area contributed by atoms with Crippen LogP contribution in [0.25, 0.3) is 10.9 Å². The minimum absolute atomic E-state index is 0.0944. The fraction of sp³-hybridized carbons (Fsp3) is 0.167. The van der Waals surface area contributed by atoms with Gasteiger partial charge in [0.15, 0.2) is 0 Å². The molecule has 0 bridgehead atoms. The molecule has 0 aliphatic rings. The highest BCUT2D eigenvalue weighted by atomic mass is 16.2. The molecule has 0 saturated heterocycles. The van der Waals surface area contributed by atoms with E-state index in [0.29, 0.717) is 6.42 Å². The van der Waals surface area contributed by atoms with Gasteiger partial charge in [-0.2, -0.15) is 0 Å². The summed E-state index contributed by atoms with van der Waals surface area (Å²) in [5.41, 5.74) is 3.82. The lowest BCUT2D eigenvalue weighted by Crippen LogP contribution is -2.23. The van der Waals surface area contributed by atoms with Crippen molar-refractivity contribution in [3.05, 3.63) is 60.6 Å². The number of benzene rings is 2. The van der Waals surface area contributed by atoms with Gasteiger partial charge in [-0.3, -0.25) is 4.79 Å². The van der Waals surface area contributed by atoms with Gasteiger partial charge in [-0.05, 0) is 29.8 Å². The maximum Gasteiger partial charge on any atom is 0.226 e. The lowest BCUT2D eigenvalue weighted by Gasteiger charge is -2.11. The summed E-state index contributed by atoms with van der Waals surface area (Å²) in [6.45, 7) is 0. The number of nitrogens with one attached hydrogen (secondary N) is 1. The first-order valence-corrected chi connectivity index (χ1v) is 7.38. The average molecular weight is 306 g/mol. The Balaban J connectivity index is 1.79. The molecule has 0 aliphatic heterocycles. The molecule has 23 heavy (non-hydrogen) atoms. The van der Waals surface area contributed by atoms with E-state index in [-0.39, 0.29) is 5.91 Å². The zero-order chi connectivity index (χ0) is 16.2. The van der Waals surface area contributed by atoms with Gasteiger partial charge in [0.25, 0.3) is 0 Å².